The summed E-state index contributed by atoms with van der Waals surface area (Å²) in [6, 6.07) is 0.486. The van der Waals surface area contributed by atoms with Gasteiger partial charge in [0.2, 0.25) is 5.91 Å². The lowest BCUT2D eigenvalue weighted by Gasteiger charge is -2.14. The molecule has 1 amide bonds. The van der Waals surface area contributed by atoms with E-state index >= 15 is 0 Å². The van der Waals surface area contributed by atoms with E-state index in [-0.39, 0.29) is 30.7 Å². The van der Waals surface area contributed by atoms with Crippen LogP contribution in [0.1, 0.15) is 39.5 Å². The normalized spacial score (nSPS) is 27.7. The first-order chi connectivity index (χ1) is 7.11. The van der Waals surface area contributed by atoms with Crippen molar-refractivity contribution in [3.8, 4) is 0 Å². The predicted octanol–water partition coefficient (Wildman–Crippen LogP) is 0.797. The lowest BCUT2D eigenvalue weighted by atomic mass is 10.2. The van der Waals surface area contributed by atoms with E-state index < -0.39 is 0 Å². The monoisotopic (exact) mass is 214 g/mol. The van der Waals surface area contributed by atoms with Gasteiger partial charge in [0, 0.05) is 12.1 Å². The van der Waals surface area contributed by atoms with Crippen LogP contribution in [0, 0.1) is 0 Å². The van der Waals surface area contributed by atoms with Crippen LogP contribution in [0.4, 0.5) is 0 Å². The molecule has 1 aliphatic carbocycles. The Balaban J connectivity index is 2.11. The Labute approximate surface area is 91.5 Å². The average molecular weight is 214 g/mol. The van der Waals surface area contributed by atoms with Crippen molar-refractivity contribution in [2.45, 2.75) is 57.7 Å². The lowest BCUT2D eigenvalue weighted by Crippen LogP contribution is -2.35. The molecule has 3 unspecified atom stereocenters. The van der Waals surface area contributed by atoms with Crippen LogP contribution in [0.2, 0.25) is 0 Å². The number of hydrogen-bond acceptors (Lipinski definition) is 3. The van der Waals surface area contributed by atoms with Crippen molar-refractivity contribution in [3.05, 3.63) is 0 Å². The molecule has 0 aromatic heterocycles. The molecule has 0 saturated heterocycles. The van der Waals surface area contributed by atoms with Crippen LogP contribution in [0.15, 0.2) is 0 Å². The molecule has 0 aromatic rings. The second-order valence-electron chi connectivity index (χ2n) is 4.38. The lowest BCUT2D eigenvalue weighted by molar-refractivity contribution is -0.128. The van der Waals surface area contributed by atoms with Crippen molar-refractivity contribution in [3.63, 3.8) is 0 Å². The molecule has 0 aliphatic heterocycles. The average Bonchev–Trinajstić information content (AvgIpc) is 2.61. The summed E-state index contributed by atoms with van der Waals surface area (Å²) in [5.41, 5.74) is 5.75. The minimum Gasteiger partial charge on any atom is -0.368 e. The summed E-state index contributed by atoms with van der Waals surface area (Å²) in [6.07, 6.45) is 4.01. The number of amides is 1. The number of nitrogens with two attached hydrogens (primary N) is 1. The number of carbonyl (C=O) groups is 1. The largest absolute Gasteiger partial charge is 0.368 e. The summed E-state index contributed by atoms with van der Waals surface area (Å²) in [6.45, 7) is 4.20. The molecule has 4 heteroatoms. The standard InChI is InChI=1S/C11H22N2O2/c1-3-8(2)13-11(14)7-15-10-5-4-9(12)6-10/h8-10H,3-7,12H2,1-2H3,(H,13,14). The predicted molar refractivity (Wildman–Crippen MR) is 59.5 cm³/mol. The van der Waals surface area contributed by atoms with E-state index in [1.165, 1.54) is 0 Å². The fourth-order valence-electron chi connectivity index (χ4n) is 1.74. The molecule has 88 valence electrons. The minimum atomic E-state index is -0.0233. The number of ether oxygens (including phenoxy) is 1. The highest BCUT2D eigenvalue weighted by molar-refractivity contribution is 5.77. The summed E-state index contributed by atoms with van der Waals surface area (Å²) in [5, 5.41) is 2.87. The van der Waals surface area contributed by atoms with E-state index in [1.54, 1.807) is 0 Å². The van der Waals surface area contributed by atoms with Crippen molar-refractivity contribution in [2.75, 3.05) is 6.61 Å². The van der Waals surface area contributed by atoms with Crippen LogP contribution in [-0.2, 0) is 9.53 Å². The fourth-order valence-corrected chi connectivity index (χ4v) is 1.74. The highest BCUT2D eigenvalue weighted by Crippen LogP contribution is 2.19. The van der Waals surface area contributed by atoms with Crippen molar-refractivity contribution < 1.29 is 9.53 Å². The minimum absolute atomic E-state index is 0.0233. The van der Waals surface area contributed by atoms with Crippen molar-refractivity contribution >= 4 is 5.91 Å². The molecule has 15 heavy (non-hydrogen) atoms. The Bertz CT molecular complexity index is 209. The third kappa shape index (κ3) is 4.62. The summed E-state index contributed by atoms with van der Waals surface area (Å²) in [5.74, 6) is -0.0233. The molecule has 1 fully saturated rings. The van der Waals surface area contributed by atoms with Gasteiger partial charge < -0.3 is 15.8 Å². The van der Waals surface area contributed by atoms with E-state index in [1.807, 2.05) is 13.8 Å². The molecule has 3 N–H and O–H groups in total. The summed E-state index contributed by atoms with van der Waals surface area (Å²) in [7, 11) is 0. The van der Waals surface area contributed by atoms with Gasteiger partial charge in [0.05, 0.1) is 6.10 Å². The molecule has 1 saturated carbocycles. The van der Waals surface area contributed by atoms with Crippen LogP contribution in [0.3, 0.4) is 0 Å². The maximum atomic E-state index is 11.4. The van der Waals surface area contributed by atoms with E-state index in [4.69, 9.17) is 10.5 Å². The SMILES string of the molecule is CCC(C)NC(=O)COC1CCC(N)C1. The molecular weight excluding hydrogens is 192 g/mol. The highest BCUT2D eigenvalue weighted by Gasteiger charge is 2.22. The maximum Gasteiger partial charge on any atom is 0.246 e. The van der Waals surface area contributed by atoms with Crippen LogP contribution >= 0.6 is 0 Å². The number of nitrogens with one attached hydrogen (secondary N) is 1. The van der Waals surface area contributed by atoms with E-state index in [9.17, 15) is 4.79 Å². The molecule has 1 aliphatic rings. The Morgan fingerprint density at radius 3 is 2.87 bits per heavy atom. The Morgan fingerprint density at radius 1 is 1.60 bits per heavy atom. The zero-order valence-electron chi connectivity index (χ0n) is 9.66. The summed E-state index contributed by atoms with van der Waals surface area (Å²) >= 11 is 0. The first kappa shape index (κ1) is 12.5. The van der Waals surface area contributed by atoms with Gasteiger partial charge in [0.15, 0.2) is 0 Å². The van der Waals surface area contributed by atoms with Crippen molar-refractivity contribution in [2.24, 2.45) is 5.73 Å². The van der Waals surface area contributed by atoms with E-state index in [2.05, 4.69) is 5.32 Å². The second-order valence-corrected chi connectivity index (χ2v) is 4.38. The third-order valence-corrected chi connectivity index (χ3v) is 2.89. The van der Waals surface area contributed by atoms with Gasteiger partial charge in [-0.25, -0.2) is 0 Å². The van der Waals surface area contributed by atoms with Gasteiger partial charge in [-0.1, -0.05) is 6.92 Å². The zero-order valence-corrected chi connectivity index (χ0v) is 9.66. The van der Waals surface area contributed by atoms with Gasteiger partial charge in [0.1, 0.15) is 6.61 Å². The van der Waals surface area contributed by atoms with Gasteiger partial charge in [0.25, 0.3) is 0 Å². The Hall–Kier alpha value is -0.610. The van der Waals surface area contributed by atoms with E-state index in [0.717, 1.165) is 25.7 Å². The molecule has 0 spiro atoms. The van der Waals surface area contributed by atoms with E-state index in [0.29, 0.717) is 0 Å². The van der Waals surface area contributed by atoms with Gasteiger partial charge in [-0.05, 0) is 32.6 Å². The van der Waals surface area contributed by atoms with Crippen LogP contribution in [0.5, 0.6) is 0 Å². The Kier molecular flexibility index (Phi) is 5.05. The fraction of sp³-hybridized carbons (Fsp3) is 0.909. The molecular formula is C11H22N2O2. The Morgan fingerprint density at radius 2 is 2.33 bits per heavy atom. The molecule has 0 aromatic carbocycles. The summed E-state index contributed by atoms with van der Waals surface area (Å²) < 4.78 is 5.49. The molecule has 0 heterocycles. The zero-order chi connectivity index (χ0) is 11.3. The highest BCUT2D eigenvalue weighted by atomic mass is 16.5. The van der Waals surface area contributed by atoms with Gasteiger partial charge in [-0.2, -0.15) is 0 Å². The van der Waals surface area contributed by atoms with Gasteiger partial charge >= 0.3 is 0 Å². The summed E-state index contributed by atoms with van der Waals surface area (Å²) in [4.78, 5) is 11.4. The molecule has 4 nitrogen and oxygen atoms in total. The molecule has 0 bridgehead atoms. The van der Waals surface area contributed by atoms with Gasteiger partial charge in [-0.15, -0.1) is 0 Å². The molecule has 3 atom stereocenters. The first-order valence-electron chi connectivity index (χ1n) is 5.78. The number of hydrogen-bond donors (Lipinski definition) is 2. The smallest absolute Gasteiger partial charge is 0.246 e. The van der Waals surface area contributed by atoms with Crippen molar-refractivity contribution in [1.82, 2.24) is 5.32 Å². The van der Waals surface area contributed by atoms with Crippen molar-refractivity contribution in [1.29, 1.82) is 0 Å². The quantitative estimate of drug-likeness (QED) is 0.711. The molecule has 0 radical (unpaired) electrons. The van der Waals surface area contributed by atoms with Crippen LogP contribution < -0.4 is 11.1 Å². The topological polar surface area (TPSA) is 64.3 Å². The molecule has 1 rings (SSSR count). The van der Waals surface area contributed by atoms with Crippen LogP contribution in [-0.4, -0.2) is 30.7 Å². The number of carbonyl (C=O) groups excluding carboxylic acids is 1. The third-order valence-electron chi connectivity index (χ3n) is 2.89. The second kappa shape index (κ2) is 6.08. The van der Waals surface area contributed by atoms with Crippen LogP contribution in [0.25, 0.3) is 0 Å². The maximum absolute atomic E-state index is 11.4. The van der Waals surface area contributed by atoms with Gasteiger partial charge in [-0.3, -0.25) is 4.79 Å². The number of rotatable bonds is 5. The first-order valence-corrected chi connectivity index (χ1v) is 5.78.